The lowest BCUT2D eigenvalue weighted by Crippen LogP contribution is -2.30. The molecule has 0 aliphatic rings. The van der Waals surface area contributed by atoms with Crippen LogP contribution in [-0.2, 0) is 9.59 Å². The van der Waals surface area contributed by atoms with Gasteiger partial charge in [-0.25, -0.2) is 0 Å². The van der Waals surface area contributed by atoms with Crippen LogP contribution < -0.4 is 5.32 Å². The van der Waals surface area contributed by atoms with Crippen molar-refractivity contribution in [2.24, 2.45) is 5.92 Å². The summed E-state index contributed by atoms with van der Waals surface area (Å²) in [7, 11) is 0. The van der Waals surface area contributed by atoms with Crippen LogP contribution in [-0.4, -0.2) is 11.7 Å². The number of benzene rings is 1. The predicted molar refractivity (Wildman–Crippen MR) is 85.6 cm³/mol. The maximum absolute atomic E-state index is 12.6. The Hall–Kier alpha value is -2.62. The van der Waals surface area contributed by atoms with E-state index in [-0.39, 0.29) is 5.78 Å². The number of rotatable bonds is 6. The Morgan fingerprint density at radius 1 is 1.18 bits per heavy atom. The van der Waals surface area contributed by atoms with Gasteiger partial charge in [0.25, 0.3) is 0 Å². The van der Waals surface area contributed by atoms with Gasteiger partial charge < -0.3 is 9.73 Å². The number of para-hydroxylation sites is 1. The van der Waals surface area contributed by atoms with E-state index >= 15 is 0 Å². The predicted octanol–water partition coefficient (Wildman–Crippen LogP) is 3.70. The number of nitrogens with one attached hydrogen (secondary N) is 1. The molecule has 1 N–H and O–H groups in total. The first-order valence-corrected chi connectivity index (χ1v) is 7.11. The van der Waals surface area contributed by atoms with Gasteiger partial charge in [0.2, 0.25) is 5.91 Å². The average molecular weight is 297 g/mol. The Labute approximate surface area is 129 Å². The number of allylic oxidation sites excluding steroid dienone is 1. The lowest BCUT2D eigenvalue weighted by atomic mass is 9.91. The van der Waals surface area contributed by atoms with Gasteiger partial charge in [0.1, 0.15) is 11.5 Å². The van der Waals surface area contributed by atoms with Gasteiger partial charge in [-0.2, -0.15) is 0 Å². The summed E-state index contributed by atoms with van der Waals surface area (Å²) >= 11 is 0. The van der Waals surface area contributed by atoms with E-state index in [4.69, 9.17) is 4.42 Å². The highest BCUT2D eigenvalue weighted by molar-refractivity contribution is 6.12. The molecule has 114 valence electrons. The minimum absolute atomic E-state index is 0.238. The second-order valence-electron chi connectivity index (χ2n) is 5.16. The summed E-state index contributed by atoms with van der Waals surface area (Å²) in [5.41, 5.74) is 0.639. The molecule has 1 aromatic carbocycles. The molecule has 0 saturated heterocycles. The first kappa shape index (κ1) is 15.8. The fourth-order valence-corrected chi connectivity index (χ4v) is 2.12. The van der Waals surface area contributed by atoms with Crippen molar-refractivity contribution in [2.45, 2.75) is 19.8 Å². The van der Waals surface area contributed by atoms with Crippen molar-refractivity contribution in [3.63, 3.8) is 0 Å². The summed E-state index contributed by atoms with van der Waals surface area (Å²) in [6, 6.07) is 12.4. The third kappa shape index (κ3) is 3.52. The van der Waals surface area contributed by atoms with E-state index in [1.165, 1.54) is 6.08 Å². The highest BCUT2D eigenvalue weighted by atomic mass is 16.3. The Balaban J connectivity index is 2.29. The van der Waals surface area contributed by atoms with Crippen molar-refractivity contribution >= 4 is 17.4 Å². The zero-order chi connectivity index (χ0) is 16.1. The van der Waals surface area contributed by atoms with E-state index < -0.39 is 17.7 Å². The second-order valence-corrected chi connectivity index (χ2v) is 5.16. The van der Waals surface area contributed by atoms with Crippen LogP contribution in [0.1, 0.15) is 24.4 Å². The number of anilines is 1. The van der Waals surface area contributed by atoms with Crippen LogP contribution in [0.5, 0.6) is 0 Å². The minimum atomic E-state index is -0.984. The number of hydrogen-bond donors (Lipinski definition) is 1. The van der Waals surface area contributed by atoms with E-state index in [1.54, 1.807) is 38.1 Å². The van der Waals surface area contributed by atoms with Crippen molar-refractivity contribution in [3.05, 3.63) is 66.6 Å². The molecule has 0 aliphatic heterocycles. The molecule has 1 amide bonds. The van der Waals surface area contributed by atoms with Crippen LogP contribution in [0.3, 0.4) is 0 Å². The molecule has 2 aromatic rings. The SMILES string of the molecule is C=CC(C)C(=O)C(C(=O)Nc1ccccc1)c1ccc(C)o1. The van der Waals surface area contributed by atoms with Gasteiger partial charge in [0, 0.05) is 11.6 Å². The van der Waals surface area contributed by atoms with E-state index in [0.717, 1.165) is 0 Å². The summed E-state index contributed by atoms with van der Waals surface area (Å²) in [5.74, 6) is -1.05. The number of carbonyl (C=O) groups excluding carboxylic acids is 2. The van der Waals surface area contributed by atoms with Crippen molar-refractivity contribution < 1.29 is 14.0 Å². The topological polar surface area (TPSA) is 59.3 Å². The summed E-state index contributed by atoms with van der Waals surface area (Å²) in [6.45, 7) is 7.11. The first-order chi connectivity index (χ1) is 10.5. The van der Waals surface area contributed by atoms with Gasteiger partial charge in [-0.1, -0.05) is 31.2 Å². The van der Waals surface area contributed by atoms with Crippen LogP contribution in [0.25, 0.3) is 0 Å². The van der Waals surface area contributed by atoms with Gasteiger partial charge in [0.15, 0.2) is 11.7 Å². The highest BCUT2D eigenvalue weighted by Crippen LogP contribution is 2.25. The molecule has 1 aromatic heterocycles. The number of carbonyl (C=O) groups is 2. The third-order valence-corrected chi connectivity index (χ3v) is 3.44. The van der Waals surface area contributed by atoms with Crippen LogP contribution >= 0.6 is 0 Å². The minimum Gasteiger partial charge on any atom is -0.465 e. The quantitative estimate of drug-likeness (QED) is 0.653. The molecule has 22 heavy (non-hydrogen) atoms. The van der Waals surface area contributed by atoms with Crippen molar-refractivity contribution in [1.82, 2.24) is 0 Å². The number of hydrogen-bond acceptors (Lipinski definition) is 3. The largest absolute Gasteiger partial charge is 0.465 e. The van der Waals surface area contributed by atoms with E-state index in [9.17, 15) is 9.59 Å². The van der Waals surface area contributed by atoms with Crippen molar-refractivity contribution in [3.8, 4) is 0 Å². The second kappa shape index (κ2) is 6.89. The molecule has 0 aliphatic carbocycles. The van der Waals surface area contributed by atoms with Gasteiger partial charge >= 0.3 is 0 Å². The van der Waals surface area contributed by atoms with Crippen molar-refractivity contribution in [1.29, 1.82) is 0 Å². The molecule has 0 saturated carbocycles. The molecular formula is C18H19NO3. The Bertz CT molecular complexity index is 673. The fraction of sp³-hybridized carbons (Fsp3) is 0.222. The van der Waals surface area contributed by atoms with Crippen LogP contribution in [0, 0.1) is 12.8 Å². The molecule has 4 heteroatoms. The molecule has 0 fully saturated rings. The number of Topliss-reactive ketones (excluding diaryl/α,β-unsaturated/α-hetero) is 1. The zero-order valence-electron chi connectivity index (χ0n) is 12.7. The molecule has 0 radical (unpaired) electrons. The number of amides is 1. The Morgan fingerprint density at radius 2 is 1.86 bits per heavy atom. The third-order valence-electron chi connectivity index (χ3n) is 3.44. The van der Waals surface area contributed by atoms with Gasteiger partial charge in [0.05, 0.1) is 0 Å². The van der Waals surface area contributed by atoms with Crippen LogP contribution in [0.15, 0.2) is 59.5 Å². The molecule has 1 heterocycles. The monoisotopic (exact) mass is 297 g/mol. The first-order valence-electron chi connectivity index (χ1n) is 7.11. The standard InChI is InChI=1S/C18H19NO3/c1-4-12(2)17(20)16(15-11-10-13(3)22-15)18(21)19-14-8-6-5-7-9-14/h4-12,16H,1H2,2-3H3,(H,19,21). The average Bonchev–Trinajstić information content (AvgIpc) is 2.93. The summed E-state index contributed by atoms with van der Waals surface area (Å²) in [6.07, 6.45) is 1.53. The normalized spacial score (nSPS) is 13.2. The summed E-state index contributed by atoms with van der Waals surface area (Å²) in [4.78, 5) is 25.1. The smallest absolute Gasteiger partial charge is 0.242 e. The van der Waals surface area contributed by atoms with Gasteiger partial charge in [-0.3, -0.25) is 9.59 Å². The van der Waals surface area contributed by atoms with Crippen LogP contribution in [0.2, 0.25) is 0 Å². The molecule has 2 unspecified atom stereocenters. The fourth-order valence-electron chi connectivity index (χ4n) is 2.12. The maximum atomic E-state index is 12.6. The van der Waals surface area contributed by atoms with Gasteiger partial charge in [-0.05, 0) is 31.2 Å². The molecule has 4 nitrogen and oxygen atoms in total. The number of furan rings is 1. The lowest BCUT2D eigenvalue weighted by Gasteiger charge is -2.16. The number of aryl methyl sites for hydroxylation is 1. The molecule has 0 bridgehead atoms. The Morgan fingerprint density at radius 3 is 2.41 bits per heavy atom. The number of ketones is 1. The van der Waals surface area contributed by atoms with E-state index in [0.29, 0.717) is 17.2 Å². The maximum Gasteiger partial charge on any atom is 0.242 e. The summed E-state index contributed by atoms with van der Waals surface area (Å²) in [5, 5.41) is 2.76. The lowest BCUT2D eigenvalue weighted by molar-refractivity contribution is -0.129. The zero-order valence-corrected chi connectivity index (χ0v) is 12.7. The highest BCUT2D eigenvalue weighted by Gasteiger charge is 2.33. The Kier molecular flexibility index (Phi) is 4.94. The summed E-state index contributed by atoms with van der Waals surface area (Å²) < 4.78 is 5.50. The van der Waals surface area contributed by atoms with E-state index in [1.807, 2.05) is 18.2 Å². The molecule has 2 atom stereocenters. The van der Waals surface area contributed by atoms with Crippen LogP contribution in [0.4, 0.5) is 5.69 Å². The van der Waals surface area contributed by atoms with Gasteiger partial charge in [-0.15, -0.1) is 6.58 Å². The molecule has 0 spiro atoms. The van der Waals surface area contributed by atoms with Crippen molar-refractivity contribution in [2.75, 3.05) is 5.32 Å². The molecule has 2 rings (SSSR count). The van der Waals surface area contributed by atoms with E-state index in [2.05, 4.69) is 11.9 Å². The molecular weight excluding hydrogens is 278 g/mol.